The lowest BCUT2D eigenvalue weighted by atomic mass is 9.95. The number of alkyl halides is 1. The average molecular weight is 695 g/mol. The number of benzene rings is 2. The second kappa shape index (κ2) is 15.3. The predicted molar refractivity (Wildman–Crippen MR) is 171 cm³/mol. The fourth-order valence-electron chi connectivity index (χ4n) is 5.28. The van der Waals surface area contributed by atoms with Gasteiger partial charge < -0.3 is 35.5 Å². The fourth-order valence-corrected chi connectivity index (χ4v) is 5.49. The molecule has 3 heterocycles. The molecule has 4 amide bonds. The first-order valence-corrected chi connectivity index (χ1v) is 15.5. The van der Waals surface area contributed by atoms with E-state index in [-0.39, 0.29) is 60.5 Å². The van der Waals surface area contributed by atoms with E-state index in [1.54, 1.807) is 44.3 Å². The predicted octanol–water partition coefficient (Wildman–Crippen LogP) is 3.05. The smallest absolute Gasteiger partial charge is 0.338 e. The Morgan fingerprint density at radius 2 is 1.53 bits per heavy atom. The number of nitro benzene ring substituents is 1. The van der Waals surface area contributed by atoms with Gasteiger partial charge in [-0.2, -0.15) is 0 Å². The van der Waals surface area contributed by atoms with E-state index in [1.165, 1.54) is 28.9 Å². The summed E-state index contributed by atoms with van der Waals surface area (Å²) in [4.78, 5) is 61.8. The first-order valence-electron chi connectivity index (χ1n) is 15.0. The van der Waals surface area contributed by atoms with E-state index in [0.29, 0.717) is 22.6 Å². The van der Waals surface area contributed by atoms with Crippen LogP contribution in [0.4, 0.5) is 15.3 Å². The van der Waals surface area contributed by atoms with E-state index >= 15 is 0 Å². The molecule has 4 N–H and O–H groups in total. The van der Waals surface area contributed by atoms with E-state index in [4.69, 9.17) is 25.8 Å². The number of nitrogens with zero attached hydrogens (tertiary/aromatic N) is 4. The topological polar surface area (TPSA) is 218 Å². The number of para-hydroxylation sites is 1. The Morgan fingerprint density at radius 3 is 2.16 bits per heavy atom. The lowest BCUT2D eigenvalue weighted by molar-refractivity contribution is -0.384. The molecule has 256 valence electrons. The maximum absolute atomic E-state index is 13.1. The van der Waals surface area contributed by atoms with Gasteiger partial charge in [0.05, 0.1) is 65.7 Å². The molecule has 49 heavy (non-hydrogen) atoms. The minimum absolute atomic E-state index is 0.0636. The Kier molecular flexibility index (Phi) is 10.7. The lowest BCUT2D eigenvalue weighted by Crippen LogP contribution is -2.46. The van der Waals surface area contributed by atoms with Gasteiger partial charge in [0, 0.05) is 23.4 Å². The van der Waals surface area contributed by atoms with Crippen molar-refractivity contribution in [2.45, 2.75) is 39.1 Å². The van der Waals surface area contributed by atoms with Gasteiger partial charge in [-0.05, 0) is 37.6 Å². The van der Waals surface area contributed by atoms with Crippen LogP contribution in [0.3, 0.4) is 0 Å². The number of carbonyl (C=O) groups is 4. The number of urea groups is 2. The monoisotopic (exact) mass is 694 g/mol. The molecule has 1 aromatic heterocycles. The number of hydrogen-bond donors (Lipinski definition) is 4. The van der Waals surface area contributed by atoms with Gasteiger partial charge in [0.25, 0.3) is 5.69 Å². The zero-order valence-electron chi connectivity index (χ0n) is 26.2. The highest BCUT2D eigenvalue weighted by molar-refractivity contribution is 6.20. The summed E-state index contributed by atoms with van der Waals surface area (Å²) in [7, 11) is 0. The molecule has 2 aliphatic rings. The van der Waals surface area contributed by atoms with Crippen molar-refractivity contribution in [3.8, 4) is 5.75 Å². The van der Waals surface area contributed by atoms with Gasteiger partial charge >= 0.3 is 24.0 Å². The summed E-state index contributed by atoms with van der Waals surface area (Å²) >= 11 is 6.06. The number of nitro groups is 1. The molecule has 0 spiro atoms. The number of rotatable bonds is 13. The number of nitrogens with one attached hydrogen (secondary N) is 4. The van der Waals surface area contributed by atoms with Crippen molar-refractivity contribution in [2.75, 3.05) is 19.1 Å². The van der Waals surface area contributed by atoms with Crippen LogP contribution in [0.2, 0.25) is 0 Å². The largest absolute Gasteiger partial charge is 0.487 e. The summed E-state index contributed by atoms with van der Waals surface area (Å²) in [6, 6.07) is 9.21. The van der Waals surface area contributed by atoms with Crippen molar-refractivity contribution in [1.82, 2.24) is 36.3 Å². The molecule has 2 unspecified atom stereocenters. The molecule has 3 aromatic rings. The summed E-state index contributed by atoms with van der Waals surface area (Å²) in [5, 5.41) is 30.0. The van der Waals surface area contributed by atoms with Crippen molar-refractivity contribution < 1.29 is 38.3 Å². The van der Waals surface area contributed by atoms with Crippen molar-refractivity contribution >= 4 is 41.3 Å². The highest BCUT2D eigenvalue weighted by Gasteiger charge is 2.36. The molecule has 0 radical (unpaired) electrons. The van der Waals surface area contributed by atoms with Crippen LogP contribution in [0.5, 0.6) is 5.75 Å². The lowest BCUT2D eigenvalue weighted by Gasteiger charge is -2.29. The minimum atomic E-state index is -0.963. The molecular weight excluding hydrogens is 664 g/mol. The van der Waals surface area contributed by atoms with Crippen LogP contribution in [0.1, 0.15) is 42.8 Å². The van der Waals surface area contributed by atoms with Crippen molar-refractivity contribution in [2.24, 2.45) is 0 Å². The fraction of sp³-hybridized carbons (Fsp3) is 0.290. The van der Waals surface area contributed by atoms with Crippen molar-refractivity contribution in [3.63, 3.8) is 0 Å². The molecule has 0 aliphatic carbocycles. The second-order valence-corrected chi connectivity index (χ2v) is 10.8. The van der Waals surface area contributed by atoms with Crippen LogP contribution in [0, 0.1) is 10.1 Å². The maximum Gasteiger partial charge on any atom is 0.338 e. The van der Waals surface area contributed by atoms with Crippen molar-refractivity contribution in [3.05, 3.63) is 104 Å². The molecule has 18 heteroatoms. The number of halogens is 1. The zero-order chi connectivity index (χ0) is 35.1. The molecule has 2 aliphatic heterocycles. The average Bonchev–Trinajstić information content (AvgIpc) is 3.54. The summed E-state index contributed by atoms with van der Waals surface area (Å²) < 4.78 is 18.0. The first-order chi connectivity index (χ1) is 23.6. The van der Waals surface area contributed by atoms with Gasteiger partial charge in [0.2, 0.25) is 0 Å². The second-order valence-electron chi connectivity index (χ2n) is 10.5. The summed E-state index contributed by atoms with van der Waals surface area (Å²) in [6.45, 7) is 3.30. The number of non-ortho nitro benzene ring substituents is 1. The van der Waals surface area contributed by atoms with Gasteiger partial charge in [-0.3, -0.25) is 10.1 Å². The summed E-state index contributed by atoms with van der Waals surface area (Å²) in [6.07, 6.45) is 1.55. The van der Waals surface area contributed by atoms with E-state index in [0.717, 1.165) is 0 Å². The number of aromatic nitrogens is 3. The Morgan fingerprint density at radius 1 is 0.918 bits per heavy atom. The SMILES string of the molecule is CCOC(=O)C1=C(Cn2cc(COc3ccccc3C3NC(=O)NC(CCl)=C3C(=O)OCC)nn2)NC(=O)NC1c1ccc([N+](=O)[O-])cc1. The van der Waals surface area contributed by atoms with E-state index in [1.807, 2.05) is 0 Å². The molecule has 0 bridgehead atoms. The van der Waals surface area contributed by atoms with Crippen LogP contribution >= 0.6 is 11.6 Å². The van der Waals surface area contributed by atoms with E-state index in [2.05, 4.69) is 31.6 Å². The molecule has 17 nitrogen and oxygen atoms in total. The van der Waals surface area contributed by atoms with Crippen LogP contribution in [0.15, 0.2) is 77.3 Å². The van der Waals surface area contributed by atoms with Gasteiger partial charge in [-0.25, -0.2) is 23.9 Å². The number of carbonyl (C=O) groups excluding carboxylic acids is 4. The number of hydrogen-bond acceptors (Lipinski definition) is 11. The third kappa shape index (κ3) is 7.78. The number of esters is 2. The standard InChI is InChI=1S/C31H31ClN8O9/c1-3-47-28(41)24-21(13-32)33-30(43)36-27(24)20-7-5-6-8-23(20)49-16-18-14-39(38-37-18)15-22-25(29(42)48-4-2)26(35-31(44)34-22)17-9-11-19(12-10-17)40(45)46/h5-12,14,26-27H,3-4,13,15-16H2,1-2H3,(H2,33,36,43)(H2,34,35,44). The summed E-state index contributed by atoms with van der Waals surface area (Å²) in [5.41, 5.74) is 1.74. The number of ether oxygens (including phenoxy) is 3. The van der Waals surface area contributed by atoms with Crippen molar-refractivity contribution in [1.29, 1.82) is 0 Å². The quantitative estimate of drug-likeness (QED) is 0.0882. The Hall–Kier alpha value is -5.97. The Bertz CT molecular complexity index is 1840. The molecule has 0 fully saturated rings. The van der Waals surface area contributed by atoms with E-state index in [9.17, 15) is 29.3 Å². The first kappa shape index (κ1) is 34.4. The third-order valence-electron chi connectivity index (χ3n) is 7.38. The number of amides is 4. The van der Waals surface area contributed by atoms with Crippen LogP contribution in [-0.2, 0) is 32.2 Å². The molecule has 0 saturated heterocycles. The van der Waals surface area contributed by atoms with Gasteiger partial charge in [-0.15, -0.1) is 16.7 Å². The summed E-state index contributed by atoms with van der Waals surface area (Å²) in [5.74, 6) is -1.15. The van der Waals surface area contributed by atoms with Crippen LogP contribution in [0.25, 0.3) is 0 Å². The normalized spacial score (nSPS) is 17.4. The van der Waals surface area contributed by atoms with Crippen LogP contribution < -0.4 is 26.0 Å². The Labute approximate surface area is 283 Å². The van der Waals surface area contributed by atoms with Gasteiger partial charge in [0.15, 0.2) is 0 Å². The van der Waals surface area contributed by atoms with Gasteiger partial charge in [-0.1, -0.05) is 23.4 Å². The van der Waals surface area contributed by atoms with Gasteiger partial charge in [0.1, 0.15) is 18.1 Å². The molecule has 5 rings (SSSR count). The Balaban J connectivity index is 1.38. The molecule has 0 saturated carbocycles. The highest BCUT2D eigenvalue weighted by Crippen LogP contribution is 2.34. The maximum atomic E-state index is 13.1. The van der Waals surface area contributed by atoms with Crippen LogP contribution in [-0.4, -0.2) is 63.0 Å². The third-order valence-corrected chi connectivity index (χ3v) is 7.65. The van der Waals surface area contributed by atoms with E-state index < -0.39 is 41.0 Å². The molecule has 2 aromatic carbocycles. The molecular formula is C31H31ClN8O9. The number of allylic oxidation sites excluding steroid dienone is 2. The highest BCUT2D eigenvalue weighted by atomic mass is 35.5. The zero-order valence-corrected chi connectivity index (χ0v) is 27.0. The minimum Gasteiger partial charge on any atom is -0.487 e. The molecule has 2 atom stereocenters.